The number of rotatable bonds is 4. The molecule has 0 aliphatic carbocycles. The van der Waals surface area contributed by atoms with Gasteiger partial charge < -0.3 is 20.5 Å². The monoisotopic (exact) mass is 258 g/mol. The summed E-state index contributed by atoms with van der Waals surface area (Å²) in [6.45, 7) is 6.10. The topological polar surface area (TPSA) is 87.7 Å². The van der Waals surface area contributed by atoms with Gasteiger partial charge in [0.2, 0.25) is 0 Å². The number of aliphatic carboxylic acids is 1. The molecule has 1 aliphatic heterocycles. The molecule has 104 valence electrons. The van der Waals surface area contributed by atoms with Crippen molar-refractivity contribution in [2.24, 2.45) is 5.92 Å². The van der Waals surface area contributed by atoms with E-state index in [1.807, 2.05) is 6.92 Å². The summed E-state index contributed by atoms with van der Waals surface area (Å²) < 4.78 is 5.38. The van der Waals surface area contributed by atoms with Crippen molar-refractivity contribution in [3.63, 3.8) is 0 Å². The molecular weight excluding hydrogens is 236 g/mol. The van der Waals surface area contributed by atoms with Crippen LogP contribution in [0.4, 0.5) is 4.79 Å². The molecule has 0 saturated carbocycles. The van der Waals surface area contributed by atoms with Crippen molar-refractivity contribution in [1.29, 1.82) is 0 Å². The molecule has 0 spiro atoms. The van der Waals surface area contributed by atoms with E-state index in [-0.39, 0.29) is 18.1 Å². The largest absolute Gasteiger partial charge is 0.480 e. The summed E-state index contributed by atoms with van der Waals surface area (Å²) in [4.78, 5) is 22.7. The van der Waals surface area contributed by atoms with Crippen LogP contribution in [0.15, 0.2) is 0 Å². The molecular formula is C12H22N2O4. The maximum Gasteiger partial charge on any atom is 0.326 e. The fourth-order valence-electron chi connectivity index (χ4n) is 2.01. The van der Waals surface area contributed by atoms with Crippen LogP contribution in [0.3, 0.4) is 0 Å². The minimum Gasteiger partial charge on any atom is -0.480 e. The number of carbonyl (C=O) groups excluding carboxylic acids is 1. The van der Waals surface area contributed by atoms with Gasteiger partial charge in [-0.1, -0.05) is 13.8 Å². The van der Waals surface area contributed by atoms with E-state index < -0.39 is 18.0 Å². The molecule has 6 heteroatoms. The molecule has 0 radical (unpaired) electrons. The Balaban J connectivity index is 2.42. The number of nitrogens with one attached hydrogen (secondary N) is 2. The van der Waals surface area contributed by atoms with Gasteiger partial charge in [-0.15, -0.1) is 0 Å². The molecule has 18 heavy (non-hydrogen) atoms. The van der Waals surface area contributed by atoms with E-state index in [9.17, 15) is 9.59 Å². The van der Waals surface area contributed by atoms with Crippen molar-refractivity contribution in [2.75, 3.05) is 6.61 Å². The number of carboxylic acids is 1. The third-order valence-electron chi connectivity index (χ3n) is 3.04. The van der Waals surface area contributed by atoms with Crippen LogP contribution in [0.5, 0.6) is 0 Å². The first-order valence-corrected chi connectivity index (χ1v) is 6.31. The van der Waals surface area contributed by atoms with Gasteiger partial charge in [-0.2, -0.15) is 0 Å². The Morgan fingerprint density at radius 2 is 2.06 bits per heavy atom. The Hall–Kier alpha value is -1.30. The smallest absolute Gasteiger partial charge is 0.326 e. The van der Waals surface area contributed by atoms with Crippen molar-refractivity contribution in [2.45, 2.75) is 51.8 Å². The average Bonchev–Trinajstić information content (AvgIpc) is 2.25. The summed E-state index contributed by atoms with van der Waals surface area (Å²) in [5.74, 6) is -1.16. The van der Waals surface area contributed by atoms with E-state index in [4.69, 9.17) is 9.84 Å². The Labute approximate surface area is 107 Å². The van der Waals surface area contributed by atoms with Gasteiger partial charge in [0.15, 0.2) is 0 Å². The highest BCUT2D eigenvalue weighted by Gasteiger charge is 2.26. The molecule has 1 fully saturated rings. The maximum atomic E-state index is 11.7. The van der Waals surface area contributed by atoms with Gasteiger partial charge in [0.25, 0.3) is 0 Å². The molecule has 0 bridgehead atoms. The zero-order valence-corrected chi connectivity index (χ0v) is 11.1. The molecule has 6 nitrogen and oxygen atoms in total. The average molecular weight is 258 g/mol. The minimum absolute atomic E-state index is 0.0513. The lowest BCUT2D eigenvalue weighted by Crippen LogP contribution is -2.52. The van der Waals surface area contributed by atoms with Gasteiger partial charge in [0, 0.05) is 12.6 Å². The molecule has 2 amide bonds. The van der Waals surface area contributed by atoms with Crippen molar-refractivity contribution >= 4 is 12.0 Å². The predicted octanol–water partition coefficient (Wildman–Crippen LogP) is 0.962. The number of carboxylic acid groups (broad SMARTS) is 1. The van der Waals surface area contributed by atoms with E-state index in [0.717, 1.165) is 12.8 Å². The summed E-state index contributed by atoms with van der Waals surface area (Å²) in [7, 11) is 0. The Bertz CT molecular complexity index is 306. The summed E-state index contributed by atoms with van der Waals surface area (Å²) in [5, 5.41) is 14.3. The van der Waals surface area contributed by atoms with Crippen LogP contribution in [0, 0.1) is 5.92 Å². The number of carbonyl (C=O) groups is 2. The first-order valence-electron chi connectivity index (χ1n) is 6.31. The van der Waals surface area contributed by atoms with Crippen LogP contribution < -0.4 is 10.6 Å². The van der Waals surface area contributed by atoms with Crippen molar-refractivity contribution in [1.82, 2.24) is 10.6 Å². The second-order valence-electron chi connectivity index (χ2n) is 5.08. The van der Waals surface area contributed by atoms with Crippen LogP contribution in [-0.2, 0) is 9.53 Å². The number of ether oxygens (including phenoxy) is 1. The maximum absolute atomic E-state index is 11.7. The van der Waals surface area contributed by atoms with E-state index >= 15 is 0 Å². The van der Waals surface area contributed by atoms with Crippen LogP contribution in [0.2, 0.25) is 0 Å². The molecule has 0 aromatic carbocycles. The molecule has 1 aliphatic rings. The second-order valence-corrected chi connectivity index (χ2v) is 5.08. The first-order chi connectivity index (χ1) is 8.40. The standard InChI is InChI=1S/C12H22N2O4/c1-7(2)10(11(15)16)14-12(17)13-9-4-5-18-8(3)6-9/h7-10H,4-6H2,1-3H3,(H,15,16)(H2,13,14,17)/t8?,9?,10-/m1/s1. The SMILES string of the molecule is CC1CC(NC(=O)N[C@@H](C(=O)O)C(C)C)CCO1. The summed E-state index contributed by atoms with van der Waals surface area (Å²) in [6, 6.07) is -1.23. The lowest BCUT2D eigenvalue weighted by atomic mass is 10.0. The number of hydrogen-bond acceptors (Lipinski definition) is 3. The third-order valence-corrected chi connectivity index (χ3v) is 3.04. The number of urea groups is 1. The lowest BCUT2D eigenvalue weighted by molar-refractivity contribution is -0.140. The Morgan fingerprint density at radius 1 is 1.39 bits per heavy atom. The Morgan fingerprint density at radius 3 is 2.56 bits per heavy atom. The zero-order valence-electron chi connectivity index (χ0n) is 11.1. The van der Waals surface area contributed by atoms with Crippen LogP contribution in [0.25, 0.3) is 0 Å². The summed E-state index contributed by atoms with van der Waals surface area (Å²) in [6.07, 6.45) is 1.65. The normalized spacial score (nSPS) is 25.6. The molecule has 3 atom stereocenters. The highest BCUT2D eigenvalue weighted by Crippen LogP contribution is 2.13. The van der Waals surface area contributed by atoms with Crippen molar-refractivity contribution < 1.29 is 19.4 Å². The van der Waals surface area contributed by atoms with Gasteiger partial charge in [0.1, 0.15) is 6.04 Å². The molecule has 1 rings (SSSR count). The molecule has 0 aromatic rings. The quantitative estimate of drug-likeness (QED) is 0.701. The van der Waals surface area contributed by atoms with Crippen LogP contribution >= 0.6 is 0 Å². The van der Waals surface area contributed by atoms with Gasteiger partial charge in [-0.3, -0.25) is 0 Å². The molecule has 1 saturated heterocycles. The highest BCUT2D eigenvalue weighted by molar-refractivity contribution is 5.82. The van der Waals surface area contributed by atoms with Gasteiger partial charge >= 0.3 is 12.0 Å². The van der Waals surface area contributed by atoms with Crippen molar-refractivity contribution in [3.8, 4) is 0 Å². The van der Waals surface area contributed by atoms with Gasteiger partial charge in [0.05, 0.1) is 6.10 Å². The molecule has 0 aromatic heterocycles. The van der Waals surface area contributed by atoms with Crippen LogP contribution in [0.1, 0.15) is 33.6 Å². The van der Waals surface area contributed by atoms with E-state index in [1.165, 1.54) is 0 Å². The zero-order chi connectivity index (χ0) is 13.7. The minimum atomic E-state index is -1.01. The summed E-state index contributed by atoms with van der Waals surface area (Å²) >= 11 is 0. The second kappa shape index (κ2) is 6.58. The number of amides is 2. The van der Waals surface area contributed by atoms with E-state index in [1.54, 1.807) is 13.8 Å². The van der Waals surface area contributed by atoms with E-state index in [2.05, 4.69) is 10.6 Å². The van der Waals surface area contributed by atoms with Crippen LogP contribution in [-0.4, -0.2) is 41.9 Å². The van der Waals surface area contributed by atoms with Gasteiger partial charge in [-0.25, -0.2) is 9.59 Å². The number of hydrogen-bond donors (Lipinski definition) is 3. The fraction of sp³-hybridized carbons (Fsp3) is 0.833. The molecule has 2 unspecified atom stereocenters. The third kappa shape index (κ3) is 4.52. The predicted molar refractivity (Wildman–Crippen MR) is 66.4 cm³/mol. The Kier molecular flexibility index (Phi) is 5.40. The summed E-state index contributed by atoms with van der Waals surface area (Å²) in [5.41, 5.74) is 0. The van der Waals surface area contributed by atoms with Crippen molar-refractivity contribution in [3.05, 3.63) is 0 Å². The first kappa shape index (κ1) is 14.8. The molecule has 3 N–H and O–H groups in total. The highest BCUT2D eigenvalue weighted by atomic mass is 16.5. The lowest BCUT2D eigenvalue weighted by Gasteiger charge is -2.28. The molecule has 1 heterocycles. The fourth-order valence-corrected chi connectivity index (χ4v) is 2.01. The van der Waals surface area contributed by atoms with E-state index in [0.29, 0.717) is 6.61 Å². The van der Waals surface area contributed by atoms with Gasteiger partial charge in [-0.05, 0) is 25.7 Å².